The third-order valence-corrected chi connectivity index (χ3v) is 6.20. The lowest BCUT2D eigenvalue weighted by atomic mass is 9.78. The van der Waals surface area contributed by atoms with Gasteiger partial charge in [-0.2, -0.15) is 26.3 Å². The first-order chi connectivity index (χ1) is 16.3. The molecule has 0 saturated heterocycles. The van der Waals surface area contributed by atoms with Gasteiger partial charge in [0.05, 0.1) is 23.3 Å². The van der Waals surface area contributed by atoms with Crippen LogP contribution in [0.5, 0.6) is 0 Å². The van der Waals surface area contributed by atoms with Crippen LogP contribution < -0.4 is 0 Å². The largest absolute Gasteiger partial charge is 0.416 e. The van der Waals surface area contributed by atoms with Gasteiger partial charge in [-0.05, 0) is 79.3 Å². The van der Waals surface area contributed by atoms with Gasteiger partial charge in [-0.25, -0.2) is 4.39 Å². The maximum atomic E-state index is 13.6. The highest BCUT2D eigenvalue weighted by Crippen LogP contribution is 2.42. The number of nitrogens with zero attached hydrogens (tertiary/aromatic N) is 1. The number of benzene rings is 2. The summed E-state index contributed by atoms with van der Waals surface area (Å²) < 4.78 is 99.7. The van der Waals surface area contributed by atoms with Crippen LogP contribution in [-0.2, 0) is 23.5 Å². The van der Waals surface area contributed by atoms with Crippen LogP contribution in [0.25, 0.3) is 0 Å². The molecule has 0 saturated carbocycles. The lowest BCUT2D eigenvalue weighted by molar-refractivity contribution is -0.143. The Balaban J connectivity index is 1.72. The molecule has 1 aliphatic carbocycles. The van der Waals surface area contributed by atoms with E-state index in [1.165, 1.54) is 19.1 Å². The Kier molecular flexibility index (Phi) is 6.66. The SMILES string of the molecule is Cc1cnc2c(c1)C(c1ccc(F)cc1)C(OC(C)c1cc(C(F)(F)F)cc(C(F)(F)F)c1)CC2. The van der Waals surface area contributed by atoms with E-state index in [0.29, 0.717) is 25.0 Å². The van der Waals surface area contributed by atoms with Gasteiger partial charge in [0.2, 0.25) is 0 Å². The number of hydrogen-bond acceptors (Lipinski definition) is 2. The smallest absolute Gasteiger partial charge is 0.370 e. The zero-order valence-corrected chi connectivity index (χ0v) is 18.8. The third-order valence-electron chi connectivity index (χ3n) is 6.20. The normalized spacial score (nSPS) is 19.3. The molecule has 2 nitrogen and oxygen atoms in total. The average molecular weight is 497 g/mol. The van der Waals surface area contributed by atoms with Crippen LogP contribution in [0.3, 0.4) is 0 Å². The van der Waals surface area contributed by atoms with Gasteiger partial charge in [-0.1, -0.05) is 18.2 Å². The molecule has 1 aliphatic rings. The van der Waals surface area contributed by atoms with Crippen LogP contribution in [0.1, 0.15) is 64.4 Å². The highest BCUT2D eigenvalue weighted by Gasteiger charge is 2.38. The molecule has 35 heavy (non-hydrogen) atoms. The first-order valence-electron chi connectivity index (χ1n) is 11.0. The van der Waals surface area contributed by atoms with E-state index in [4.69, 9.17) is 4.74 Å². The maximum Gasteiger partial charge on any atom is 0.416 e. The number of alkyl halides is 6. The quantitative estimate of drug-likeness (QED) is 0.343. The van der Waals surface area contributed by atoms with Gasteiger partial charge in [0.1, 0.15) is 5.82 Å². The van der Waals surface area contributed by atoms with Crippen molar-refractivity contribution in [2.45, 2.75) is 57.2 Å². The molecule has 0 N–H and O–H groups in total. The lowest BCUT2D eigenvalue weighted by Gasteiger charge is -2.35. The van der Waals surface area contributed by atoms with E-state index in [2.05, 4.69) is 4.98 Å². The topological polar surface area (TPSA) is 22.1 Å². The summed E-state index contributed by atoms with van der Waals surface area (Å²) in [4.78, 5) is 4.48. The van der Waals surface area contributed by atoms with Gasteiger partial charge < -0.3 is 4.74 Å². The molecule has 0 aliphatic heterocycles. The molecule has 4 rings (SSSR count). The molecular weight excluding hydrogens is 475 g/mol. The highest BCUT2D eigenvalue weighted by molar-refractivity contribution is 5.41. The Morgan fingerprint density at radius 3 is 2.09 bits per heavy atom. The number of ether oxygens (including phenoxy) is 1. The summed E-state index contributed by atoms with van der Waals surface area (Å²) >= 11 is 0. The maximum absolute atomic E-state index is 13.6. The van der Waals surface area contributed by atoms with E-state index >= 15 is 0 Å². The van der Waals surface area contributed by atoms with Crippen molar-refractivity contribution in [2.24, 2.45) is 0 Å². The summed E-state index contributed by atoms with van der Waals surface area (Å²) in [6, 6.07) is 9.22. The van der Waals surface area contributed by atoms with Crippen LogP contribution in [0, 0.1) is 12.7 Å². The lowest BCUT2D eigenvalue weighted by Crippen LogP contribution is -2.31. The third kappa shape index (κ3) is 5.50. The predicted octanol–water partition coefficient (Wildman–Crippen LogP) is 7.79. The predicted molar refractivity (Wildman–Crippen MR) is 115 cm³/mol. The van der Waals surface area contributed by atoms with E-state index in [0.717, 1.165) is 22.4 Å². The number of aryl methyl sites for hydroxylation is 2. The molecule has 0 amide bonds. The Labute approximate surface area is 197 Å². The molecule has 9 heteroatoms. The fourth-order valence-corrected chi connectivity index (χ4v) is 4.51. The van der Waals surface area contributed by atoms with Crippen molar-refractivity contribution in [3.05, 3.63) is 99.6 Å². The van der Waals surface area contributed by atoms with Crippen molar-refractivity contribution in [1.29, 1.82) is 0 Å². The van der Waals surface area contributed by atoms with Crippen molar-refractivity contribution in [1.82, 2.24) is 4.98 Å². The molecular formula is C26H22F7NO. The number of pyridine rings is 1. The summed E-state index contributed by atoms with van der Waals surface area (Å²) in [6.07, 6.45) is -8.83. The number of halogens is 7. The molecule has 3 unspecified atom stereocenters. The van der Waals surface area contributed by atoms with E-state index in [-0.39, 0.29) is 11.6 Å². The molecule has 2 aromatic carbocycles. The molecule has 3 aromatic rings. The van der Waals surface area contributed by atoms with Gasteiger partial charge in [-0.3, -0.25) is 4.98 Å². The fourth-order valence-electron chi connectivity index (χ4n) is 4.51. The Hall–Kier alpha value is -2.94. The summed E-state index contributed by atoms with van der Waals surface area (Å²) in [5, 5.41) is 0. The van der Waals surface area contributed by atoms with Crippen molar-refractivity contribution >= 4 is 0 Å². The molecule has 0 radical (unpaired) electrons. The number of rotatable bonds is 4. The van der Waals surface area contributed by atoms with Crippen molar-refractivity contribution in [3.63, 3.8) is 0 Å². The zero-order valence-electron chi connectivity index (χ0n) is 18.8. The second-order valence-corrected chi connectivity index (χ2v) is 8.77. The van der Waals surface area contributed by atoms with Crippen molar-refractivity contribution in [2.75, 3.05) is 0 Å². The number of aromatic nitrogens is 1. The Bertz CT molecular complexity index is 1170. The molecule has 1 heterocycles. The van der Waals surface area contributed by atoms with Crippen LogP contribution >= 0.6 is 0 Å². The van der Waals surface area contributed by atoms with E-state index in [1.807, 2.05) is 13.0 Å². The Morgan fingerprint density at radius 2 is 1.51 bits per heavy atom. The molecule has 0 fully saturated rings. The Morgan fingerprint density at radius 1 is 0.914 bits per heavy atom. The summed E-state index contributed by atoms with van der Waals surface area (Å²) in [5.41, 5.74) is 0.284. The van der Waals surface area contributed by atoms with E-state index < -0.39 is 47.4 Å². The second-order valence-electron chi connectivity index (χ2n) is 8.77. The molecule has 186 valence electrons. The zero-order chi connectivity index (χ0) is 25.5. The van der Waals surface area contributed by atoms with Crippen LogP contribution in [0.2, 0.25) is 0 Å². The standard InChI is InChI=1S/C26H22F7NO/c1-14-9-21-22(34-13-14)7-8-23(24(21)16-3-5-20(27)6-4-16)35-15(2)17-10-18(25(28,29)30)12-19(11-17)26(31,32)33/h3-6,9-13,15,23-24H,7-8H2,1-2H3. The second kappa shape index (κ2) is 9.26. The fraction of sp³-hybridized carbons (Fsp3) is 0.346. The highest BCUT2D eigenvalue weighted by atomic mass is 19.4. The van der Waals surface area contributed by atoms with E-state index in [1.54, 1.807) is 18.3 Å². The first kappa shape index (κ1) is 25.2. The van der Waals surface area contributed by atoms with Gasteiger partial charge in [0.15, 0.2) is 0 Å². The summed E-state index contributed by atoms with van der Waals surface area (Å²) in [7, 11) is 0. The van der Waals surface area contributed by atoms with Gasteiger partial charge in [-0.15, -0.1) is 0 Å². The first-order valence-corrected chi connectivity index (χ1v) is 11.0. The number of fused-ring (bicyclic) bond motifs is 1. The number of hydrogen-bond donors (Lipinski definition) is 0. The van der Waals surface area contributed by atoms with E-state index in [9.17, 15) is 30.7 Å². The summed E-state index contributed by atoms with van der Waals surface area (Å²) in [6.45, 7) is 3.30. The molecule has 0 spiro atoms. The molecule has 3 atom stereocenters. The summed E-state index contributed by atoms with van der Waals surface area (Å²) in [5.74, 6) is -0.844. The minimum Gasteiger partial charge on any atom is -0.370 e. The average Bonchev–Trinajstić information content (AvgIpc) is 2.78. The van der Waals surface area contributed by atoms with Crippen molar-refractivity contribution in [3.8, 4) is 0 Å². The molecule has 0 bridgehead atoms. The minimum atomic E-state index is -4.95. The van der Waals surface area contributed by atoms with Crippen LogP contribution in [0.4, 0.5) is 30.7 Å². The van der Waals surface area contributed by atoms with Crippen LogP contribution in [-0.4, -0.2) is 11.1 Å². The molecule has 1 aromatic heterocycles. The van der Waals surface area contributed by atoms with Crippen LogP contribution in [0.15, 0.2) is 54.7 Å². The monoisotopic (exact) mass is 497 g/mol. The minimum absolute atomic E-state index is 0.100. The van der Waals surface area contributed by atoms with Gasteiger partial charge in [0.25, 0.3) is 0 Å². The van der Waals surface area contributed by atoms with Crippen molar-refractivity contribution < 1.29 is 35.5 Å². The van der Waals surface area contributed by atoms with Gasteiger partial charge in [0, 0.05) is 17.8 Å². The van der Waals surface area contributed by atoms with Gasteiger partial charge >= 0.3 is 12.4 Å².